The molecule has 0 radical (unpaired) electrons. The molecule has 0 amide bonds. The van der Waals surface area contributed by atoms with Gasteiger partial charge in [-0.1, -0.05) is 6.92 Å². The maximum absolute atomic E-state index is 4.72. The average Bonchev–Trinajstić information content (AvgIpc) is 3.10. The van der Waals surface area contributed by atoms with Gasteiger partial charge in [0, 0.05) is 37.8 Å². The van der Waals surface area contributed by atoms with E-state index in [9.17, 15) is 0 Å². The highest BCUT2D eigenvalue weighted by atomic mass is 15.3. The summed E-state index contributed by atoms with van der Waals surface area (Å²) in [4.78, 5) is 11.4. The van der Waals surface area contributed by atoms with Crippen molar-refractivity contribution in [2.24, 2.45) is 0 Å². The lowest BCUT2D eigenvalue weighted by Crippen LogP contribution is -2.44. The van der Waals surface area contributed by atoms with Crippen LogP contribution in [0.4, 0.5) is 5.95 Å². The average molecular weight is 218 g/mol. The van der Waals surface area contributed by atoms with Crippen LogP contribution < -0.4 is 10.2 Å². The molecule has 86 valence electrons. The number of anilines is 1. The molecule has 2 fully saturated rings. The van der Waals surface area contributed by atoms with Crippen LogP contribution in [0.5, 0.6) is 0 Å². The summed E-state index contributed by atoms with van der Waals surface area (Å²) in [5, 5.41) is 3.34. The van der Waals surface area contributed by atoms with Crippen molar-refractivity contribution in [2.75, 3.05) is 31.1 Å². The Morgan fingerprint density at radius 1 is 1.31 bits per heavy atom. The number of hydrogen-bond acceptors (Lipinski definition) is 4. The van der Waals surface area contributed by atoms with Crippen LogP contribution in [0.25, 0.3) is 0 Å². The molecule has 4 nitrogen and oxygen atoms in total. The molecule has 0 atom stereocenters. The Labute approximate surface area is 96.1 Å². The number of nitrogens with zero attached hydrogens (tertiary/aromatic N) is 3. The SMILES string of the molecule is CC1(c2ccnc(N3CCNCC3)n2)CC1. The number of hydrogen-bond donors (Lipinski definition) is 1. The first kappa shape index (κ1) is 10.0. The number of nitrogens with one attached hydrogen (secondary N) is 1. The van der Waals surface area contributed by atoms with Crippen molar-refractivity contribution in [1.29, 1.82) is 0 Å². The molecular formula is C12H18N4. The molecule has 1 aromatic rings. The van der Waals surface area contributed by atoms with Crippen LogP contribution in [0.15, 0.2) is 12.3 Å². The first-order chi connectivity index (χ1) is 7.78. The molecule has 0 aromatic carbocycles. The summed E-state index contributed by atoms with van der Waals surface area (Å²) >= 11 is 0. The zero-order chi connectivity index (χ0) is 11.0. The molecule has 0 unspecified atom stereocenters. The molecule has 1 saturated heterocycles. The van der Waals surface area contributed by atoms with Gasteiger partial charge in [0.25, 0.3) is 0 Å². The van der Waals surface area contributed by atoms with Crippen molar-refractivity contribution in [3.63, 3.8) is 0 Å². The van der Waals surface area contributed by atoms with E-state index in [0.717, 1.165) is 32.1 Å². The Kier molecular flexibility index (Phi) is 2.32. The highest BCUT2D eigenvalue weighted by Crippen LogP contribution is 2.46. The fourth-order valence-electron chi connectivity index (χ4n) is 2.15. The monoisotopic (exact) mass is 218 g/mol. The minimum atomic E-state index is 0.339. The standard InChI is InChI=1S/C12H18N4/c1-12(3-4-12)10-2-5-14-11(15-10)16-8-6-13-7-9-16/h2,5,13H,3-4,6-9H2,1H3. The molecule has 1 aromatic heterocycles. The van der Waals surface area contributed by atoms with Crippen molar-refractivity contribution >= 4 is 5.95 Å². The fourth-order valence-corrected chi connectivity index (χ4v) is 2.15. The second-order valence-electron chi connectivity index (χ2n) is 5.04. The third-order valence-corrected chi connectivity index (χ3v) is 3.66. The summed E-state index contributed by atoms with van der Waals surface area (Å²) < 4.78 is 0. The second kappa shape index (κ2) is 3.70. The van der Waals surface area contributed by atoms with E-state index in [2.05, 4.69) is 28.2 Å². The Morgan fingerprint density at radius 3 is 2.75 bits per heavy atom. The Morgan fingerprint density at radius 2 is 2.06 bits per heavy atom. The van der Waals surface area contributed by atoms with Crippen LogP contribution in [0, 0.1) is 0 Å². The van der Waals surface area contributed by atoms with Crippen molar-refractivity contribution in [3.05, 3.63) is 18.0 Å². The molecular weight excluding hydrogens is 200 g/mol. The second-order valence-corrected chi connectivity index (χ2v) is 5.04. The summed E-state index contributed by atoms with van der Waals surface area (Å²) in [6, 6.07) is 2.07. The van der Waals surface area contributed by atoms with Gasteiger partial charge >= 0.3 is 0 Å². The van der Waals surface area contributed by atoms with Crippen LogP contribution in [0.1, 0.15) is 25.5 Å². The largest absolute Gasteiger partial charge is 0.338 e. The lowest BCUT2D eigenvalue weighted by atomic mass is 10.1. The minimum Gasteiger partial charge on any atom is -0.338 e. The van der Waals surface area contributed by atoms with Crippen molar-refractivity contribution in [1.82, 2.24) is 15.3 Å². The maximum Gasteiger partial charge on any atom is 0.225 e. The molecule has 0 bridgehead atoms. The van der Waals surface area contributed by atoms with Crippen LogP contribution in [-0.4, -0.2) is 36.1 Å². The van der Waals surface area contributed by atoms with Gasteiger partial charge in [-0.2, -0.15) is 0 Å². The van der Waals surface area contributed by atoms with E-state index in [1.54, 1.807) is 0 Å². The van der Waals surface area contributed by atoms with E-state index < -0.39 is 0 Å². The molecule has 16 heavy (non-hydrogen) atoms. The van der Waals surface area contributed by atoms with Gasteiger partial charge in [0.2, 0.25) is 5.95 Å². The van der Waals surface area contributed by atoms with E-state index in [-0.39, 0.29) is 0 Å². The van der Waals surface area contributed by atoms with Crippen LogP contribution in [0.3, 0.4) is 0 Å². The van der Waals surface area contributed by atoms with Crippen LogP contribution in [-0.2, 0) is 5.41 Å². The smallest absolute Gasteiger partial charge is 0.225 e. The zero-order valence-corrected chi connectivity index (χ0v) is 9.74. The highest BCUT2D eigenvalue weighted by Gasteiger charge is 2.40. The summed E-state index contributed by atoms with van der Waals surface area (Å²) in [7, 11) is 0. The Balaban J connectivity index is 1.84. The molecule has 1 aliphatic carbocycles. The summed E-state index contributed by atoms with van der Waals surface area (Å²) in [5.41, 5.74) is 1.56. The summed E-state index contributed by atoms with van der Waals surface area (Å²) in [6.45, 7) is 6.38. The third kappa shape index (κ3) is 1.78. The fraction of sp³-hybridized carbons (Fsp3) is 0.667. The van der Waals surface area contributed by atoms with Crippen LogP contribution >= 0.6 is 0 Å². The van der Waals surface area contributed by atoms with E-state index in [1.165, 1.54) is 18.5 Å². The highest BCUT2D eigenvalue weighted by molar-refractivity contribution is 5.34. The van der Waals surface area contributed by atoms with Crippen molar-refractivity contribution in [3.8, 4) is 0 Å². The molecule has 3 rings (SSSR count). The number of piperazine rings is 1. The van der Waals surface area contributed by atoms with Gasteiger partial charge in [-0.3, -0.25) is 0 Å². The Hall–Kier alpha value is -1.16. The third-order valence-electron chi connectivity index (χ3n) is 3.66. The quantitative estimate of drug-likeness (QED) is 0.802. The van der Waals surface area contributed by atoms with Gasteiger partial charge < -0.3 is 10.2 Å². The van der Waals surface area contributed by atoms with Gasteiger partial charge in [-0.05, 0) is 18.9 Å². The van der Waals surface area contributed by atoms with Crippen LogP contribution in [0.2, 0.25) is 0 Å². The van der Waals surface area contributed by atoms with E-state index in [1.807, 2.05) is 6.20 Å². The molecule has 2 aliphatic rings. The minimum absolute atomic E-state index is 0.339. The van der Waals surface area contributed by atoms with E-state index in [0.29, 0.717) is 5.41 Å². The first-order valence-corrected chi connectivity index (χ1v) is 6.07. The molecule has 1 N–H and O–H groups in total. The maximum atomic E-state index is 4.72. The first-order valence-electron chi connectivity index (χ1n) is 6.07. The molecule has 0 spiro atoms. The van der Waals surface area contributed by atoms with Gasteiger partial charge in [-0.15, -0.1) is 0 Å². The topological polar surface area (TPSA) is 41.1 Å². The molecule has 1 aliphatic heterocycles. The zero-order valence-electron chi connectivity index (χ0n) is 9.74. The summed E-state index contributed by atoms with van der Waals surface area (Å²) in [6.07, 6.45) is 4.44. The lowest BCUT2D eigenvalue weighted by molar-refractivity contribution is 0.577. The van der Waals surface area contributed by atoms with E-state index in [4.69, 9.17) is 4.98 Å². The molecule has 1 saturated carbocycles. The van der Waals surface area contributed by atoms with Gasteiger partial charge in [0.05, 0.1) is 5.69 Å². The van der Waals surface area contributed by atoms with Gasteiger partial charge in [0.15, 0.2) is 0 Å². The predicted molar refractivity (Wildman–Crippen MR) is 63.7 cm³/mol. The van der Waals surface area contributed by atoms with Gasteiger partial charge in [0.1, 0.15) is 0 Å². The predicted octanol–water partition coefficient (Wildman–Crippen LogP) is 0.938. The lowest BCUT2D eigenvalue weighted by Gasteiger charge is -2.27. The molecule has 2 heterocycles. The number of rotatable bonds is 2. The Bertz CT molecular complexity index is 380. The van der Waals surface area contributed by atoms with Crippen molar-refractivity contribution in [2.45, 2.75) is 25.2 Å². The number of aromatic nitrogens is 2. The van der Waals surface area contributed by atoms with Crippen molar-refractivity contribution < 1.29 is 0 Å². The normalized spacial score (nSPS) is 23.2. The molecule has 4 heteroatoms. The van der Waals surface area contributed by atoms with E-state index >= 15 is 0 Å². The summed E-state index contributed by atoms with van der Waals surface area (Å²) in [5.74, 6) is 0.909. The van der Waals surface area contributed by atoms with Gasteiger partial charge in [-0.25, -0.2) is 9.97 Å².